The van der Waals surface area contributed by atoms with Gasteiger partial charge in [-0.15, -0.1) is 0 Å². The zero-order valence-electron chi connectivity index (χ0n) is 15.0. The van der Waals surface area contributed by atoms with Crippen molar-refractivity contribution in [2.75, 3.05) is 11.9 Å². The van der Waals surface area contributed by atoms with E-state index in [9.17, 15) is 10.1 Å². The lowest BCUT2D eigenvalue weighted by molar-refractivity contribution is -0.384. The van der Waals surface area contributed by atoms with Crippen LogP contribution in [-0.2, 0) is 6.54 Å². The maximum Gasteiger partial charge on any atom is 0.311 e. The van der Waals surface area contributed by atoms with Gasteiger partial charge in [-0.25, -0.2) is 4.98 Å². The van der Waals surface area contributed by atoms with Gasteiger partial charge in [0.15, 0.2) is 0 Å². The largest absolute Gasteiger partial charge is 0.351 e. The van der Waals surface area contributed by atoms with E-state index in [0.717, 1.165) is 19.4 Å². The van der Waals surface area contributed by atoms with Gasteiger partial charge in [-0.1, -0.05) is 30.3 Å². The molecule has 2 fully saturated rings. The first-order chi connectivity index (χ1) is 12.6. The zero-order chi connectivity index (χ0) is 18.1. The van der Waals surface area contributed by atoms with E-state index in [2.05, 4.69) is 40.2 Å². The number of hydrogen-bond acceptors (Lipinski definition) is 5. The summed E-state index contributed by atoms with van der Waals surface area (Å²) in [7, 11) is 1.95. The van der Waals surface area contributed by atoms with Gasteiger partial charge >= 0.3 is 5.69 Å². The highest BCUT2D eigenvalue weighted by Gasteiger charge is 2.42. The molecule has 136 valence electrons. The first kappa shape index (κ1) is 17.0. The Kier molecular flexibility index (Phi) is 4.59. The molecule has 1 aromatic carbocycles. The van der Waals surface area contributed by atoms with Gasteiger partial charge in [-0.3, -0.25) is 15.0 Å². The summed E-state index contributed by atoms with van der Waals surface area (Å²) in [6.07, 6.45) is 6.14. The van der Waals surface area contributed by atoms with Crippen LogP contribution in [0.25, 0.3) is 0 Å². The minimum atomic E-state index is -0.335. The summed E-state index contributed by atoms with van der Waals surface area (Å²) < 4.78 is 0. The Morgan fingerprint density at radius 3 is 2.50 bits per heavy atom. The van der Waals surface area contributed by atoms with Crippen molar-refractivity contribution in [3.8, 4) is 0 Å². The number of anilines is 1. The average molecular weight is 352 g/mol. The van der Waals surface area contributed by atoms with Crippen LogP contribution >= 0.6 is 0 Å². The number of nitrogens with zero attached hydrogens (tertiary/aromatic N) is 4. The van der Waals surface area contributed by atoms with Crippen LogP contribution in [0.1, 0.15) is 31.2 Å². The lowest BCUT2D eigenvalue weighted by atomic mass is 9.95. The predicted octanol–water partition coefficient (Wildman–Crippen LogP) is 3.62. The number of rotatable bonds is 5. The van der Waals surface area contributed by atoms with Gasteiger partial charge in [-0.05, 0) is 37.3 Å². The number of piperidine rings is 1. The Morgan fingerprint density at radius 1 is 1.15 bits per heavy atom. The molecule has 0 radical (unpaired) electrons. The van der Waals surface area contributed by atoms with Crippen molar-refractivity contribution in [2.24, 2.45) is 0 Å². The van der Waals surface area contributed by atoms with E-state index < -0.39 is 0 Å². The van der Waals surface area contributed by atoms with Crippen molar-refractivity contribution in [1.82, 2.24) is 9.88 Å². The molecule has 3 heterocycles. The predicted molar refractivity (Wildman–Crippen MR) is 101 cm³/mol. The Balaban J connectivity index is 1.50. The summed E-state index contributed by atoms with van der Waals surface area (Å²) in [6, 6.07) is 15.2. The maximum absolute atomic E-state index is 11.3. The lowest BCUT2D eigenvalue weighted by Gasteiger charge is -2.42. The quantitative estimate of drug-likeness (QED) is 0.607. The van der Waals surface area contributed by atoms with Crippen LogP contribution in [-0.4, -0.2) is 40.0 Å². The van der Waals surface area contributed by atoms with Crippen molar-refractivity contribution in [3.05, 3.63) is 64.3 Å². The van der Waals surface area contributed by atoms with Crippen LogP contribution < -0.4 is 4.90 Å². The fourth-order valence-electron chi connectivity index (χ4n) is 4.59. The van der Waals surface area contributed by atoms with Gasteiger partial charge in [0.25, 0.3) is 0 Å². The first-order valence-electron chi connectivity index (χ1n) is 9.25. The second-order valence-corrected chi connectivity index (χ2v) is 7.38. The minimum Gasteiger partial charge on any atom is -0.351 e. The molecule has 0 N–H and O–H groups in total. The van der Waals surface area contributed by atoms with Gasteiger partial charge in [0.1, 0.15) is 0 Å². The SMILES string of the molecule is CN(c1ncccc1[N+](=O)[O-])C1CC2CCC(C1)N2Cc1ccccc1. The van der Waals surface area contributed by atoms with E-state index in [4.69, 9.17) is 0 Å². The number of hydrogen-bond donors (Lipinski definition) is 0. The summed E-state index contributed by atoms with van der Waals surface area (Å²) in [5.41, 5.74) is 1.45. The molecule has 2 saturated heterocycles. The van der Waals surface area contributed by atoms with Gasteiger partial charge in [0, 0.05) is 44.0 Å². The summed E-state index contributed by atoms with van der Waals surface area (Å²) in [4.78, 5) is 20.0. The van der Waals surface area contributed by atoms with E-state index >= 15 is 0 Å². The van der Waals surface area contributed by atoms with Crippen LogP contribution in [0.5, 0.6) is 0 Å². The molecular weight excluding hydrogens is 328 g/mol. The van der Waals surface area contributed by atoms with Crippen LogP contribution in [0.4, 0.5) is 11.5 Å². The molecule has 6 nitrogen and oxygen atoms in total. The summed E-state index contributed by atoms with van der Waals surface area (Å²) in [5.74, 6) is 0.485. The van der Waals surface area contributed by atoms with E-state index in [1.165, 1.54) is 24.5 Å². The first-order valence-corrected chi connectivity index (χ1v) is 9.25. The Morgan fingerprint density at radius 2 is 1.85 bits per heavy atom. The van der Waals surface area contributed by atoms with Crippen molar-refractivity contribution >= 4 is 11.5 Å². The Hall–Kier alpha value is -2.47. The number of aromatic nitrogens is 1. The van der Waals surface area contributed by atoms with Crippen LogP contribution in [0.15, 0.2) is 48.7 Å². The van der Waals surface area contributed by atoms with E-state index in [1.807, 2.05) is 11.9 Å². The average Bonchev–Trinajstić information content (AvgIpc) is 2.90. The number of benzene rings is 1. The van der Waals surface area contributed by atoms with Crippen LogP contribution in [0, 0.1) is 10.1 Å². The van der Waals surface area contributed by atoms with Gasteiger partial charge in [0.05, 0.1) is 4.92 Å². The molecule has 6 heteroatoms. The van der Waals surface area contributed by atoms with Crippen molar-refractivity contribution in [3.63, 3.8) is 0 Å². The third-order valence-electron chi connectivity index (χ3n) is 5.91. The van der Waals surface area contributed by atoms with Crippen LogP contribution in [0.3, 0.4) is 0 Å². The van der Waals surface area contributed by atoms with E-state index in [-0.39, 0.29) is 10.6 Å². The molecule has 26 heavy (non-hydrogen) atoms. The monoisotopic (exact) mass is 352 g/mol. The molecule has 0 amide bonds. The Labute approximate surface area is 153 Å². The minimum absolute atomic E-state index is 0.0917. The molecule has 2 atom stereocenters. The molecule has 2 aliphatic heterocycles. The van der Waals surface area contributed by atoms with E-state index in [0.29, 0.717) is 23.9 Å². The summed E-state index contributed by atoms with van der Waals surface area (Å²) >= 11 is 0. The molecule has 0 saturated carbocycles. The zero-order valence-corrected chi connectivity index (χ0v) is 15.0. The molecule has 2 bridgehead atoms. The Bertz CT molecular complexity index is 768. The maximum atomic E-state index is 11.3. The smallest absolute Gasteiger partial charge is 0.311 e. The highest BCUT2D eigenvalue weighted by Crippen LogP contribution is 2.40. The van der Waals surface area contributed by atoms with Gasteiger partial charge in [0.2, 0.25) is 5.82 Å². The molecule has 2 unspecified atom stereocenters. The third kappa shape index (κ3) is 3.17. The highest BCUT2D eigenvalue weighted by molar-refractivity contribution is 5.57. The summed E-state index contributed by atoms with van der Waals surface area (Å²) in [6.45, 7) is 0.996. The van der Waals surface area contributed by atoms with Gasteiger partial charge < -0.3 is 4.90 Å². The second kappa shape index (κ2) is 7.03. The summed E-state index contributed by atoms with van der Waals surface area (Å²) in [5, 5.41) is 11.3. The van der Waals surface area contributed by atoms with Crippen molar-refractivity contribution in [2.45, 2.75) is 50.4 Å². The highest BCUT2D eigenvalue weighted by atomic mass is 16.6. The number of pyridine rings is 1. The normalized spacial score (nSPS) is 25.2. The number of nitro groups is 1. The number of fused-ring (bicyclic) bond motifs is 2. The van der Waals surface area contributed by atoms with Crippen molar-refractivity contribution in [1.29, 1.82) is 0 Å². The molecule has 0 spiro atoms. The van der Waals surface area contributed by atoms with Crippen molar-refractivity contribution < 1.29 is 4.92 Å². The lowest BCUT2D eigenvalue weighted by Crippen LogP contribution is -2.49. The van der Waals surface area contributed by atoms with Gasteiger partial charge in [-0.2, -0.15) is 0 Å². The fourth-order valence-corrected chi connectivity index (χ4v) is 4.59. The topological polar surface area (TPSA) is 62.5 Å². The van der Waals surface area contributed by atoms with E-state index in [1.54, 1.807) is 12.3 Å². The second-order valence-electron chi connectivity index (χ2n) is 7.38. The third-order valence-corrected chi connectivity index (χ3v) is 5.91. The fraction of sp³-hybridized carbons (Fsp3) is 0.450. The molecule has 2 aromatic rings. The molecular formula is C20H24N4O2. The van der Waals surface area contributed by atoms with Crippen LogP contribution in [0.2, 0.25) is 0 Å². The molecule has 0 aliphatic carbocycles. The molecule has 4 rings (SSSR count). The standard InChI is InChI=1S/C20H24N4O2/c1-22(20-19(24(25)26)8-5-11-21-20)18-12-16-9-10-17(13-18)23(16)14-15-6-3-2-4-7-15/h2-8,11,16-18H,9-10,12-14H2,1H3. The molecule has 1 aromatic heterocycles. The molecule has 2 aliphatic rings.